The van der Waals surface area contributed by atoms with E-state index in [1.165, 1.54) is 11.0 Å². The Labute approximate surface area is 143 Å². The molecule has 23 heavy (non-hydrogen) atoms. The van der Waals surface area contributed by atoms with Crippen molar-refractivity contribution in [2.45, 2.75) is 19.9 Å². The molecule has 1 aromatic carbocycles. The number of carbonyl (C=O) groups is 2. The number of aromatic carboxylic acids is 1. The largest absolute Gasteiger partial charge is 0.478 e. The summed E-state index contributed by atoms with van der Waals surface area (Å²) in [4.78, 5) is 24.7. The van der Waals surface area contributed by atoms with Gasteiger partial charge in [-0.25, -0.2) is 4.79 Å². The van der Waals surface area contributed by atoms with E-state index in [-0.39, 0.29) is 24.4 Å². The summed E-state index contributed by atoms with van der Waals surface area (Å²) in [7, 11) is 1.62. The second kappa shape index (κ2) is 7.06. The standard InChI is InChI=1S/C16H15Cl2NO4/c1-9-13(16(21)22)7-12(23-9)8-19(2)15(20)5-10-3-4-11(17)6-14(10)18/h3-4,6-7H,5,8H2,1-2H3,(H,21,22). The van der Waals surface area contributed by atoms with Crippen molar-refractivity contribution in [2.75, 3.05) is 7.05 Å². The number of likely N-dealkylation sites (N-methyl/N-ethyl adjacent to an activating group) is 1. The van der Waals surface area contributed by atoms with Crippen LogP contribution < -0.4 is 0 Å². The number of amides is 1. The van der Waals surface area contributed by atoms with Crippen LogP contribution in [0.5, 0.6) is 0 Å². The fourth-order valence-electron chi connectivity index (χ4n) is 2.12. The van der Waals surface area contributed by atoms with Gasteiger partial charge in [-0.2, -0.15) is 0 Å². The summed E-state index contributed by atoms with van der Waals surface area (Å²) >= 11 is 11.9. The van der Waals surface area contributed by atoms with Crippen molar-refractivity contribution in [1.82, 2.24) is 4.90 Å². The van der Waals surface area contributed by atoms with Crippen LogP contribution in [0.3, 0.4) is 0 Å². The lowest BCUT2D eigenvalue weighted by Gasteiger charge is -2.16. The zero-order chi connectivity index (χ0) is 17.1. The summed E-state index contributed by atoms with van der Waals surface area (Å²) < 4.78 is 5.37. The Balaban J connectivity index is 2.05. The molecule has 0 unspecified atom stereocenters. The molecule has 0 aliphatic rings. The molecule has 2 aromatic rings. The van der Waals surface area contributed by atoms with Gasteiger partial charge < -0.3 is 14.4 Å². The number of carboxylic acid groups (broad SMARTS) is 1. The average Bonchev–Trinajstić information content (AvgIpc) is 2.82. The molecule has 5 nitrogen and oxygen atoms in total. The fraction of sp³-hybridized carbons (Fsp3) is 0.250. The number of aryl methyl sites for hydroxylation is 1. The average molecular weight is 356 g/mol. The minimum atomic E-state index is -1.06. The van der Waals surface area contributed by atoms with Gasteiger partial charge in [0.15, 0.2) is 0 Å². The summed E-state index contributed by atoms with van der Waals surface area (Å²) in [6.45, 7) is 1.75. The molecule has 0 saturated heterocycles. The SMILES string of the molecule is Cc1oc(CN(C)C(=O)Cc2ccc(Cl)cc2Cl)cc1C(=O)O. The molecule has 122 valence electrons. The molecule has 0 spiro atoms. The summed E-state index contributed by atoms with van der Waals surface area (Å²) in [5.41, 5.74) is 0.774. The summed E-state index contributed by atoms with van der Waals surface area (Å²) in [5, 5.41) is 9.94. The third-order valence-electron chi connectivity index (χ3n) is 3.37. The van der Waals surface area contributed by atoms with Gasteiger partial charge in [0.25, 0.3) is 0 Å². The van der Waals surface area contributed by atoms with Crippen LogP contribution in [-0.4, -0.2) is 28.9 Å². The smallest absolute Gasteiger partial charge is 0.339 e. The van der Waals surface area contributed by atoms with Crippen LogP contribution in [-0.2, 0) is 17.8 Å². The van der Waals surface area contributed by atoms with E-state index < -0.39 is 5.97 Å². The molecule has 1 amide bonds. The Kier molecular flexibility index (Phi) is 5.34. The minimum absolute atomic E-state index is 0.0987. The number of carboxylic acids is 1. The predicted molar refractivity (Wildman–Crippen MR) is 87.0 cm³/mol. The van der Waals surface area contributed by atoms with Crippen molar-refractivity contribution in [3.05, 3.63) is 57.0 Å². The van der Waals surface area contributed by atoms with Gasteiger partial charge >= 0.3 is 5.97 Å². The van der Waals surface area contributed by atoms with Crippen molar-refractivity contribution in [1.29, 1.82) is 0 Å². The molecule has 1 N–H and O–H groups in total. The van der Waals surface area contributed by atoms with Crippen molar-refractivity contribution in [3.63, 3.8) is 0 Å². The highest BCUT2D eigenvalue weighted by molar-refractivity contribution is 6.35. The topological polar surface area (TPSA) is 70.8 Å². The molecule has 0 aliphatic carbocycles. The first-order valence-corrected chi connectivity index (χ1v) is 7.54. The van der Waals surface area contributed by atoms with E-state index in [9.17, 15) is 9.59 Å². The second-order valence-electron chi connectivity index (χ2n) is 5.15. The Hall–Kier alpha value is -1.98. The molecule has 7 heteroatoms. The monoisotopic (exact) mass is 355 g/mol. The second-order valence-corrected chi connectivity index (χ2v) is 5.99. The van der Waals surface area contributed by atoms with Gasteiger partial charge in [-0.05, 0) is 30.7 Å². The first-order chi connectivity index (χ1) is 10.8. The molecule has 2 rings (SSSR count). The number of hydrogen-bond donors (Lipinski definition) is 1. The number of nitrogens with zero attached hydrogens (tertiary/aromatic N) is 1. The Morgan fingerprint density at radius 3 is 2.52 bits per heavy atom. The maximum atomic E-state index is 12.3. The van der Waals surface area contributed by atoms with Crippen LogP contribution in [0.25, 0.3) is 0 Å². The maximum absolute atomic E-state index is 12.3. The molecular formula is C16H15Cl2NO4. The van der Waals surface area contributed by atoms with E-state index in [1.54, 1.807) is 32.2 Å². The maximum Gasteiger partial charge on any atom is 0.339 e. The Bertz CT molecular complexity index is 755. The van der Waals surface area contributed by atoms with Crippen LogP contribution in [0.4, 0.5) is 0 Å². The molecule has 1 aromatic heterocycles. The van der Waals surface area contributed by atoms with Gasteiger partial charge in [-0.3, -0.25) is 4.79 Å². The van der Waals surface area contributed by atoms with Crippen molar-refractivity contribution >= 4 is 35.1 Å². The van der Waals surface area contributed by atoms with Gasteiger partial charge in [0.2, 0.25) is 5.91 Å². The lowest BCUT2D eigenvalue weighted by molar-refractivity contribution is -0.129. The highest BCUT2D eigenvalue weighted by Gasteiger charge is 2.17. The van der Waals surface area contributed by atoms with Gasteiger partial charge in [-0.1, -0.05) is 29.3 Å². The van der Waals surface area contributed by atoms with E-state index in [2.05, 4.69) is 0 Å². The molecule has 0 fully saturated rings. The first-order valence-electron chi connectivity index (χ1n) is 6.78. The number of furan rings is 1. The van der Waals surface area contributed by atoms with Gasteiger partial charge in [0.05, 0.1) is 13.0 Å². The third kappa shape index (κ3) is 4.27. The molecule has 1 heterocycles. The van der Waals surface area contributed by atoms with Crippen LogP contribution in [0.15, 0.2) is 28.7 Å². The Morgan fingerprint density at radius 1 is 1.26 bits per heavy atom. The van der Waals surface area contributed by atoms with Crippen molar-refractivity contribution < 1.29 is 19.1 Å². The number of hydrogen-bond acceptors (Lipinski definition) is 3. The zero-order valence-corrected chi connectivity index (χ0v) is 14.1. The van der Waals surface area contributed by atoms with Crippen LogP contribution in [0.1, 0.15) is 27.4 Å². The fourth-order valence-corrected chi connectivity index (χ4v) is 2.59. The van der Waals surface area contributed by atoms with Crippen LogP contribution in [0.2, 0.25) is 10.0 Å². The quantitative estimate of drug-likeness (QED) is 0.885. The van der Waals surface area contributed by atoms with E-state index in [0.29, 0.717) is 27.1 Å². The van der Waals surface area contributed by atoms with E-state index in [0.717, 1.165) is 0 Å². The first kappa shape index (κ1) is 17.4. The molecule has 0 bridgehead atoms. The molecule has 0 radical (unpaired) electrons. The normalized spacial score (nSPS) is 10.6. The number of halogens is 2. The minimum Gasteiger partial charge on any atom is -0.478 e. The highest BCUT2D eigenvalue weighted by Crippen LogP contribution is 2.22. The van der Waals surface area contributed by atoms with Crippen LogP contribution >= 0.6 is 23.2 Å². The van der Waals surface area contributed by atoms with Crippen LogP contribution in [0, 0.1) is 6.92 Å². The van der Waals surface area contributed by atoms with Crippen molar-refractivity contribution in [3.8, 4) is 0 Å². The number of carbonyl (C=O) groups excluding carboxylic acids is 1. The summed E-state index contributed by atoms with van der Waals surface area (Å²) in [5.74, 6) is -0.494. The third-order valence-corrected chi connectivity index (χ3v) is 3.96. The highest BCUT2D eigenvalue weighted by atomic mass is 35.5. The molecule has 0 aliphatic heterocycles. The lowest BCUT2D eigenvalue weighted by atomic mass is 10.1. The summed E-state index contributed by atoms with van der Waals surface area (Å²) in [6.07, 6.45) is 0.123. The molecule has 0 saturated carbocycles. The van der Waals surface area contributed by atoms with E-state index in [1.807, 2.05) is 0 Å². The predicted octanol–water partition coefficient (Wildman–Crippen LogP) is 3.79. The van der Waals surface area contributed by atoms with Gasteiger partial charge in [0, 0.05) is 17.1 Å². The zero-order valence-electron chi connectivity index (χ0n) is 12.6. The number of rotatable bonds is 5. The van der Waals surface area contributed by atoms with Gasteiger partial charge in [0.1, 0.15) is 17.1 Å². The van der Waals surface area contributed by atoms with Gasteiger partial charge in [-0.15, -0.1) is 0 Å². The van der Waals surface area contributed by atoms with E-state index >= 15 is 0 Å². The summed E-state index contributed by atoms with van der Waals surface area (Å²) in [6, 6.07) is 6.39. The van der Waals surface area contributed by atoms with E-state index in [4.69, 9.17) is 32.7 Å². The van der Waals surface area contributed by atoms with Crippen molar-refractivity contribution in [2.24, 2.45) is 0 Å². The lowest BCUT2D eigenvalue weighted by Crippen LogP contribution is -2.27. The number of benzene rings is 1. The molecule has 0 atom stereocenters. The molecular weight excluding hydrogens is 341 g/mol. The Morgan fingerprint density at radius 2 is 1.96 bits per heavy atom.